The van der Waals surface area contributed by atoms with Gasteiger partial charge in [-0.1, -0.05) is 6.42 Å². The number of hydrogen-bond acceptors (Lipinski definition) is 2. The molecule has 1 aliphatic heterocycles. The number of halogens is 2. The maximum absolute atomic E-state index is 13.6. The van der Waals surface area contributed by atoms with Crippen molar-refractivity contribution in [2.45, 2.75) is 24.7 Å². The average Bonchev–Trinajstić information content (AvgIpc) is 2.70. The summed E-state index contributed by atoms with van der Waals surface area (Å²) in [6.07, 6.45) is 7.32. The lowest BCUT2D eigenvalue weighted by molar-refractivity contribution is 0.356. The van der Waals surface area contributed by atoms with E-state index in [1.54, 1.807) is 6.20 Å². The summed E-state index contributed by atoms with van der Waals surface area (Å²) in [5, 5.41) is 1.03. The Balaban J connectivity index is 2.09. The van der Waals surface area contributed by atoms with Crippen LogP contribution in [0, 0.1) is 5.82 Å². The Kier molecular flexibility index (Phi) is 1.99. The minimum atomic E-state index is -0.267. The third kappa shape index (κ3) is 1.21. The van der Waals surface area contributed by atoms with Gasteiger partial charge in [-0.05, 0) is 34.8 Å². The van der Waals surface area contributed by atoms with Gasteiger partial charge in [-0.25, -0.2) is 4.39 Å². The molecule has 0 radical (unpaired) electrons. The summed E-state index contributed by atoms with van der Waals surface area (Å²) in [5.41, 5.74) is 2.99. The first-order valence-corrected chi connectivity index (χ1v) is 6.82. The summed E-state index contributed by atoms with van der Waals surface area (Å²) in [5.74, 6) is -0.267. The van der Waals surface area contributed by atoms with Crippen molar-refractivity contribution < 1.29 is 4.39 Å². The van der Waals surface area contributed by atoms with Crippen molar-refractivity contribution >= 4 is 38.7 Å². The normalized spacial score (nSPS) is 19.2. The van der Waals surface area contributed by atoms with E-state index < -0.39 is 0 Å². The van der Waals surface area contributed by atoms with Crippen molar-refractivity contribution in [2.75, 3.05) is 0 Å². The first-order chi connectivity index (χ1) is 8.70. The molecular formula is C14H10BrFN2. The predicted molar refractivity (Wildman–Crippen MR) is 73.1 cm³/mol. The number of rotatable bonds is 0. The lowest BCUT2D eigenvalue weighted by Crippen LogP contribution is -2.33. The van der Waals surface area contributed by atoms with Gasteiger partial charge in [-0.2, -0.15) is 0 Å². The first kappa shape index (κ1) is 10.6. The zero-order chi connectivity index (χ0) is 12.3. The van der Waals surface area contributed by atoms with Gasteiger partial charge in [0, 0.05) is 28.6 Å². The van der Waals surface area contributed by atoms with Gasteiger partial charge in [0.05, 0.1) is 21.9 Å². The van der Waals surface area contributed by atoms with E-state index in [1.165, 1.54) is 18.1 Å². The molecule has 1 spiro atoms. The van der Waals surface area contributed by atoms with Crippen LogP contribution in [0.3, 0.4) is 0 Å². The predicted octanol–water partition coefficient (Wildman–Crippen LogP) is 4.27. The van der Waals surface area contributed by atoms with Gasteiger partial charge in [-0.15, -0.1) is 0 Å². The number of pyridine rings is 1. The molecule has 1 aliphatic carbocycles. The van der Waals surface area contributed by atoms with Crippen LogP contribution in [0.25, 0.3) is 10.9 Å². The second-order valence-electron chi connectivity index (χ2n) is 5.07. The Morgan fingerprint density at radius 2 is 2.11 bits per heavy atom. The summed E-state index contributed by atoms with van der Waals surface area (Å²) in [6, 6.07) is 3.33. The van der Waals surface area contributed by atoms with Crippen LogP contribution in [-0.2, 0) is 5.41 Å². The van der Waals surface area contributed by atoms with Gasteiger partial charge >= 0.3 is 0 Å². The van der Waals surface area contributed by atoms with Crippen LogP contribution in [0.15, 0.2) is 27.8 Å². The average molecular weight is 305 g/mol. The standard InChI is InChI=1S/C14H10BrFN2/c15-9-4-8-11(5-10(9)16)17-6-12-13(8)14(7-18-12)2-1-3-14/h4-7H,1-3H2. The SMILES string of the molecule is Fc1cc2ncc3c(c2cc1Br)C1(C=N3)CCC1. The molecule has 90 valence electrons. The zero-order valence-corrected chi connectivity index (χ0v) is 11.2. The second kappa shape index (κ2) is 3.38. The second-order valence-corrected chi connectivity index (χ2v) is 5.92. The molecule has 2 aromatic rings. The Morgan fingerprint density at radius 3 is 2.83 bits per heavy atom. The third-order valence-electron chi connectivity index (χ3n) is 4.08. The van der Waals surface area contributed by atoms with Gasteiger partial charge in [0.25, 0.3) is 0 Å². The van der Waals surface area contributed by atoms with Crippen LogP contribution in [0.1, 0.15) is 24.8 Å². The monoisotopic (exact) mass is 304 g/mol. The molecule has 4 rings (SSSR count). The number of nitrogens with zero attached hydrogens (tertiary/aromatic N) is 2. The molecule has 2 nitrogen and oxygen atoms in total. The van der Waals surface area contributed by atoms with Crippen LogP contribution in [0.2, 0.25) is 0 Å². The van der Waals surface area contributed by atoms with Gasteiger partial charge in [0.15, 0.2) is 0 Å². The van der Waals surface area contributed by atoms with E-state index in [-0.39, 0.29) is 11.2 Å². The Morgan fingerprint density at radius 1 is 1.28 bits per heavy atom. The molecule has 2 heterocycles. The molecular weight excluding hydrogens is 295 g/mol. The van der Waals surface area contributed by atoms with Crippen LogP contribution in [-0.4, -0.2) is 11.2 Å². The number of benzene rings is 1. The topological polar surface area (TPSA) is 25.2 Å². The Bertz CT molecular complexity index is 704. The van der Waals surface area contributed by atoms with Gasteiger partial charge in [0.2, 0.25) is 0 Å². The van der Waals surface area contributed by atoms with Crippen LogP contribution >= 0.6 is 15.9 Å². The molecule has 4 heteroatoms. The van der Waals surface area contributed by atoms with E-state index in [1.807, 2.05) is 6.07 Å². The van der Waals surface area contributed by atoms with Gasteiger partial charge in [0.1, 0.15) is 5.82 Å². The molecule has 0 unspecified atom stereocenters. The molecule has 0 saturated heterocycles. The summed E-state index contributed by atoms with van der Waals surface area (Å²) >= 11 is 3.26. The number of aliphatic imine (C=N–C) groups is 1. The van der Waals surface area contributed by atoms with Crippen molar-refractivity contribution in [1.29, 1.82) is 0 Å². The van der Waals surface area contributed by atoms with E-state index in [4.69, 9.17) is 0 Å². The summed E-state index contributed by atoms with van der Waals surface area (Å²) < 4.78 is 14.1. The number of hydrogen-bond donors (Lipinski definition) is 0. The summed E-state index contributed by atoms with van der Waals surface area (Å²) in [6.45, 7) is 0. The van der Waals surface area contributed by atoms with Crippen molar-refractivity contribution in [2.24, 2.45) is 4.99 Å². The van der Waals surface area contributed by atoms with E-state index in [9.17, 15) is 4.39 Å². The molecule has 1 aromatic heterocycles. The number of fused-ring (bicyclic) bond motifs is 4. The minimum Gasteiger partial charge on any atom is -0.258 e. The van der Waals surface area contributed by atoms with Gasteiger partial charge in [-0.3, -0.25) is 9.98 Å². The highest BCUT2D eigenvalue weighted by Gasteiger charge is 2.43. The largest absolute Gasteiger partial charge is 0.258 e. The minimum absolute atomic E-state index is 0.0911. The molecule has 2 aliphatic rings. The summed E-state index contributed by atoms with van der Waals surface area (Å²) in [7, 11) is 0. The van der Waals surface area contributed by atoms with Crippen LogP contribution < -0.4 is 0 Å². The van der Waals surface area contributed by atoms with E-state index in [2.05, 4.69) is 32.1 Å². The molecule has 1 saturated carbocycles. The Hall–Kier alpha value is -1.29. The van der Waals surface area contributed by atoms with E-state index in [0.717, 1.165) is 23.9 Å². The zero-order valence-electron chi connectivity index (χ0n) is 9.58. The fourth-order valence-electron chi connectivity index (χ4n) is 2.99. The third-order valence-corrected chi connectivity index (χ3v) is 4.69. The van der Waals surface area contributed by atoms with Crippen LogP contribution in [0.5, 0.6) is 0 Å². The molecule has 0 atom stereocenters. The molecule has 0 amide bonds. The van der Waals surface area contributed by atoms with Crippen molar-refractivity contribution in [3.8, 4) is 0 Å². The molecule has 0 bridgehead atoms. The first-order valence-electron chi connectivity index (χ1n) is 6.03. The lowest BCUT2D eigenvalue weighted by Gasteiger charge is -2.37. The number of aromatic nitrogens is 1. The molecule has 1 fully saturated rings. The fraction of sp³-hybridized carbons (Fsp3) is 0.286. The molecule has 1 aromatic carbocycles. The quantitative estimate of drug-likeness (QED) is 0.713. The highest BCUT2D eigenvalue weighted by Crippen LogP contribution is 2.52. The van der Waals surface area contributed by atoms with E-state index in [0.29, 0.717) is 9.99 Å². The maximum Gasteiger partial charge on any atom is 0.139 e. The van der Waals surface area contributed by atoms with Gasteiger partial charge < -0.3 is 0 Å². The van der Waals surface area contributed by atoms with Crippen molar-refractivity contribution in [3.05, 3.63) is 34.2 Å². The molecule has 0 N–H and O–H groups in total. The summed E-state index contributed by atoms with van der Waals surface area (Å²) in [4.78, 5) is 8.78. The van der Waals surface area contributed by atoms with Crippen molar-refractivity contribution in [3.63, 3.8) is 0 Å². The maximum atomic E-state index is 13.6. The van der Waals surface area contributed by atoms with E-state index >= 15 is 0 Å². The van der Waals surface area contributed by atoms with Crippen LogP contribution in [0.4, 0.5) is 10.1 Å². The highest BCUT2D eigenvalue weighted by molar-refractivity contribution is 9.10. The smallest absolute Gasteiger partial charge is 0.139 e. The lowest BCUT2D eigenvalue weighted by atomic mass is 9.65. The fourth-order valence-corrected chi connectivity index (χ4v) is 3.34. The molecule has 18 heavy (non-hydrogen) atoms. The van der Waals surface area contributed by atoms with Crippen molar-refractivity contribution in [1.82, 2.24) is 4.98 Å². The Labute approximate surface area is 112 Å². The highest BCUT2D eigenvalue weighted by atomic mass is 79.9.